The van der Waals surface area contributed by atoms with Crippen molar-refractivity contribution in [3.63, 3.8) is 0 Å². The number of fused-ring (bicyclic) bond motifs is 3. The van der Waals surface area contributed by atoms with Gasteiger partial charge in [0.05, 0.1) is 5.39 Å². The minimum atomic E-state index is 0.139. The van der Waals surface area contributed by atoms with E-state index >= 15 is 0 Å². The van der Waals surface area contributed by atoms with Crippen molar-refractivity contribution in [2.45, 2.75) is 50.3 Å². The van der Waals surface area contributed by atoms with Crippen molar-refractivity contribution in [3.8, 4) is 0 Å². The van der Waals surface area contributed by atoms with Gasteiger partial charge in [-0.05, 0) is 62.1 Å². The standard InChI is InChI=1S/C15H18N2OS3/c18-14-12-10-5-1-2-6-11(10)21-13(12)16-15(19)17(14)8-9-4-3-7-20-9/h9H,1-8H2,(H,16,19). The minimum Gasteiger partial charge on any atom is -0.323 e. The molecule has 6 heteroatoms. The zero-order valence-electron chi connectivity index (χ0n) is 11.8. The van der Waals surface area contributed by atoms with Gasteiger partial charge < -0.3 is 4.98 Å². The van der Waals surface area contributed by atoms with Gasteiger partial charge in [0.2, 0.25) is 0 Å². The summed E-state index contributed by atoms with van der Waals surface area (Å²) in [6.45, 7) is 0.763. The van der Waals surface area contributed by atoms with Crippen molar-refractivity contribution in [1.29, 1.82) is 0 Å². The highest BCUT2D eigenvalue weighted by molar-refractivity contribution is 8.00. The van der Waals surface area contributed by atoms with Gasteiger partial charge in [0.1, 0.15) is 4.83 Å². The van der Waals surface area contributed by atoms with Gasteiger partial charge in [0.15, 0.2) is 4.77 Å². The van der Waals surface area contributed by atoms with E-state index in [0.29, 0.717) is 10.0 Å². The van der Waals surface area contributed by atoms with Crippen LogP contribution in [0.1, 0.15) is 36.1 Å². The van der Waals surface area contributed by atoms with Crippen LogP contribution >= 0.6 is 35.3 Å². The summed E-state index contributed by atoms with van der Waals surface area (Å²) in [7, 11) is 0. The first-order chi connectivity index (χ1) is 10.2. The van der Waals surface area contributed by atoms with E-state index in [0.717, 1.165) is 29.6 Å². The fraction of sp³-hybridized carbons (Fsp3) is 0.600. The Bertz CT molecular complexity index is 796. The summed E-state index contributed by atoms with van der Waals surface area (Å²) in [6.07, 6.45) is 7.07. The van der Waals surface area contributed by atoms with Crippen LogP contribution in [0.5, 0.6) is 0 Å². The molecule has 0 aromatic carbocycles. The van der Waals surface area contributed by atoms with Gasteiger partial charge in [0.25, 0.3) is 5.56 Å². The summed E-state index contributed by atoms with van der Waals surface area (Å²) in [5, 5.41) is 1.47. The smallest absolute Gasteiger partial charge is 0.263 e. The van der Waals surface area contributed by atoms with E-state index in [-0.39, 0.29) is 5.56 Å². The average molecular weight is 339 g/mol. The molecule has 21 heavy (non-hydrogen) atoms. The van der Waals surface area contributed by atoms with Crippen LogP contribution in [0.2, 0.25) is 0 Å². The molecule has 0 saturated carbocycles. The molecule has 1 fully saturated rings. The van der Waals surface area contributed by atoms with Gasteiger partial charge >= 0.3 is 0 Å². The fourth-order valence-electron chi connectivity index (χ4n) is 3.43. The molecule has 2 aromatic heterocycles. The molecule has 1 atom stereocenters. The van der Waals surface area contributed by atoms with Crippen molar-refractivity contribution in [2.75, 3.05) is 5.75 Å². The molecule has 3 heterocycles. The average Bonchev–Trinajstić information content (AvgIpc) is 3.10. The second-order valence-electron chi connectivity index (χ2n) is 5.90. The SMILES string of the molecule is O=c1c2c3c(sc2[nH]c(=S)n1CC1CCCS1)CCCC3. The van der Waals surface area contributed by atoms with Gasteiger partial charge in [-0.25, -0.2) is 0 Å². The van der Waals surface area contributed by atoms with E-state index in [1.54, 1.807) is 11.3 Å². The van der Waals surface area contributed by atoms with Crippen LogP contribution in [0.25, 0.3) is 10.2 Å². The number of hydrogen-bond donors (Lipinski definition) is 1. The summed E-state index contributed by atoms with van der Waals surface area (Å²) >= 11 is 9.16. The van der Waals surface area contributed by atoms with Crippen molar-refractivity contribution < 1.29 is 0 Å². The van der Waals surface area contributed by atoms with Crippen molar-refractivity contribution in [3.05, 3.63) is 25.6 Å². The second kappa shape index (κ2) is 5.56. The highest BCUT2D eigenvalue weighted by atomic mass is 32.2. The van der Waals surface area contributed by atoms with Gasteiger partial charge in [-0.1, -0.05) is 0 Å². The molecular formula is C15H18N2OS3. The Balaban J connectivity index is 1.87. The Morgan fingerprint density at radius 1 is 1.29 bits per heavy atom. The number of aromatic amines is 1. The third-order valence-electron chi connectivity index (χ3n) is 4.51. The van der Waals surface area contributed by atoms with E-state index in [9.17, 15) is 4.79 Å². The molecule has 4 rings (SSSR count). The Kier molecular flexibility index (Phi) is 3.71. The molecule has 1 N–H and O–H groups in total. The molecule has 1 saturated heterocycles. The molecule has 0 spiro atoms. The summed E-state index contributed by atoms with van der Waals surface area (Å²) < 4.78 is 2.40. The summed E-state index contributed by atoms with van der Waals surface area (Å²) in [6, 6.07) is 0. The predicted octanol–water partition coefficient (Wildman–Crippen LogP) is 3.89. The minimum absolute atomic E-state index is 0.139. The first kappa shape index (κ1) is 14.0. The third kappa shape index (κ3) is 2.41. The highest BCUT2D eigenvalue weighted by Crippen LogP contribution is 2.34. The highest BCUT2D eigenvalue weighted by Gasteiger charge is 2.22. The number of rotatable bonds is 2. The number of thioether (sulfide) groups is 1. The Morgan fingerprint density at radius 2 is 2.14 bits per heavy atom. The molecule has 112 valence electrons. The van der Waals surface area contributed by atoms with Crippen molar-refractivity contribution in [1.82, 2.24) is 9.55 Å². The summed E-state index contributed by atoms with van der Waals surface area (Å²) in [4.78, 5) is 18.6. The number of aryl methyl sites for hydroxylation is 2. The lowest BCUT2D eigenvalue weighted by atomic mass is 9.97. The molecule has 1 aliphatic carbocycles. The van der Waals surface area contributed by atoms with Gasteiger partial charge in [-0.15, -0.1) is 11.3 Å². The quantitative estimate of drug-likeness (QED) is 0.844. The van der Waals surface area contributed by atoms with Crippen molar-refractivity contribution >= 4 is 45.5 Å². The van der Waals surface area contributed by atoms with Crippen molar-refractivity contribution in [2.24, 2.45) is 0 Å². The van der Waals surface area contributed by atoms with Crippen LogP contribution in [-0.4, -0.2) is 20.6 Å². The van der Waals surface area contributed by atoms with Crippen LogP contribution in [-0.2, 0) is 19.4 Å². The lowest BCUT2D eigenvalue weighted by Crippen LogP contribution is -2.26. The van der Waals surface area contributed by atoms with Crippen LogP contribution in [0, 0.1) is 4.77 Å². The van der Waals surface area contributed by atoms with E-state index in [4.69, 9.17) is 12.2 Å². The third-order valence-corrected chi connectivity index (χ3v) is 7.42. The summed E-state index contributed by atoms with van der Waals surface area (Å²) in [5.41, 5.74) is 1.44. The predicted molar refractivity (Wildman–Crippen MR) is 93.4 cm³/mol. The summed E-state index contributed by atoms with van der Waals surface area (Å²) in [5.74, 6) is 1.21. The van der Waals surface area contributed by atoms with Crippen LogP contribution < -0.4 is 5.56 Å². The zero-order chi connectivity index (χ0) is 14.4. The van der Waals surface area contributed by atoms with Crippen LogP contribution in [0.3, 0.4) is 0 Å². The molecule has 1 unspecified atom stereocenters. The Hall–Kier alpha value is -0.590. The lowest BCUT2D eigenvalue weighted by molar-refractivity contribution is 0.608. The number of aromatic nitrogens is 2. The Labute approximate surface area is 136 Å². The first-order valence-corrected chi connectivity index (χ1v) is 9.90. The molecule has 1 aliphatic heterocycles. The van der Waals surface area contributed by atoms with E-state index in [1.807, 2.05) is 16.3 Å². The molecule has 0 bridgehead atoms. The maximum Gasteiger partial charge on any atom is 0.263 e. The van der Waals surface area contributed by atoms with Gasteiger partial charge in [0, 0.05) is 16.7 Å². The second-order valence-corrected chi connectivity index (χ2v) is 8.80. The van der Waals surface area contributed by atoms with Gasteiger partial charge in [-0.2, -0.15) is 11.8 Å². The number of hydrogen-bond acceptors (Lipinski definition) is 4. The largest absolute Gasteiger partial charge is 0.323 e. The molecular weight excluding hydrogens is 320 g/mol. The maximum atomic E-state index is 12.9. The Morgan fingerprint density at radius 3 is 2.95 bits per heavy atom. The molecule has 2 aromatic rings. The topological polar surface area (TPSA) is 37.8 Å². The lowest BCUT2D eigenvalue weighted by Gasteiger charge is -2.13. The number of H-pyrrole nitrogens is 1. The van der Waals surface area contributed by atoms with E-state index < -0.39 is 0 Å². The van der Waals surface area contributed by atoms with E-state index in [2.05, 4.69) is 4.98 Å². The maximum absolute atomic E-state index is 12.9. The first-order valence-electron chi connectivity index (χ1n) is 7.63. The monoisotopic (exact) mass is 338 g/mol. The van der Waals surface area contributed by atoms with Gasteiger partial charge in [-0.3, -0.25) is 9.36 Å². The molecule has 2 aliphatic rings. The molecule has 0 amide bonds. The number of thiophene rings is 1. The van der Waals surface area contributed by atoms with Crippen LogP contribution in [0.4, 0.5) is 0 Å². The fourth-order valence-corrected chi connectivity index (χ4v) is 6.29. The van der Waals surface area contributed by atoms with E-state index in [1.165, 1.54) is 41.9 Å². The van der Waals surface area contributed by atoms with Crippen LogP contribution in [0.15, 0.2) is 4.79 Å². The molecule has 0 radical (unpaired) electrons. The number of nitrogens with zero attached hydrogens (tertiary/aromatic N) is 1. The normalized spacial score (nSPS) is 21.8. The number of nitrogens with one attached hydrogen (secondary N) is 1. The zero-order valence-corrected chi connectivity index (χ0v) is 14.3. The molecule has 3 nitrogen and oxygen atoms in total.